The average molecular weight is 279 g/mol. The van der Waals surface area contributed by atoms with Crippen LogP contribution < -0.4 is 5.32 Å². The Hall–Kier alpha value is -1.42. The van der Waals surface area contributed by atoms with E-state index in [0.717, 1.165) is 10.4 Å². The highest BCUT2D eigenvalue weighted by Gasteiger charge is 2.37. The van der Waals surface area contributed by atoms with Gasteiger partial charge in [0, 0.05) is 18.0 Å². The number of carbonyl (C=O) groups excluding carboxylic acids is 1. The lowest BCUT2D eigenvalue weighted by Crippen LogP contribution is -2.61. The van der Waals surface area contributed by atoms with Crippen molar-refractivity contribution in [3.8, 4) is 6.07 Å². The van der Waals surface area contributed by atoms with Gasteiger partial charge in [0.15, 0.2) is 0 Å². The van der Waals surface area contributed by atoms with Gasteiger partial charge in [-0.3, -0.25) is 9.69 Å². The molecule has 0 aliphatic carbocycles. The van der Waals surface area contributed by atoms with Crippen molar-refractivity contribution in [1.82, 2.24) is 4.90 Å². The van der Waals surface area contributed by atoms with Crippen LogP contribution in [-0.4, -0.2) is 41.1 Å². The Balaban J connectivity index is 1.97. The van der Waals surface area contributed by atoms with E-state index in [2.05, 4.69) is 11.4 Å². The minimum Gasteiger partial charge on any atom is -0.388 e. The smallest absolute Gasteiger partial charge is 0.239 e. The predicted octanol–water partition coefficient (Wildman–Crippen LogP) is 1.24. The fourth-order valence-electron chi connectivity index (χ4n) is 2.25. The molecule has 1 aromatic heterocycles. The molecule has 1 aromatic rings. The monoisotopic (exact) mass is 279 g/mol. The molecule has 2 N–H and O–H groups in total. The second kappa shape index (κ2) is 4.93. The molecular formula is C13H17N3O2S. The molecule has 5 nitrogen and oxygen atoms in total. The minimum absolute atomic E-state index is 0.145. The van der Waals surface area contributed by atoms with E-state index in [1.165, 1.54) is 11.3 Å². The maximum absolute atomic E-state index is 11.9. The Morgan fingerprint density at radius 3 is 2.74 bits per heavy atom. The summed E-state index contributed by atoms with van der Waals surface area (Å²) in [6, 6.07) is 2.13. The number of hydrogen-bond donors (Lipinski definition) is 2. The first kappa shape index (κ1) is 14.0. The van der Waals surface area contributed by atoms with E-state index in [0.29, 0.717) is 23.7 Å². The summed E-state index contributed by atoms with van der Waals surface area (Å²) in [4.78, 5) is 14.8. The van der Waals surface area contributed by atoms with Crippen LogP contribution in [0.2, 0.25) is 0 Å². The highest BCUT2D eigenvalue weighted by atomic mass is 32.1. The first-order valence-corrected chi connectivity index (χ1v) is 6.89. The van der Waals surface area contributed by atoms with E-state index in [9.17, 15) is 9.90 Å². The lowest BCUT2D eigenvalue weighted by Gasteiger charge is -2.43. The molecule has 2 heterocycles. The standard InChI is InChI=1S/C13H17N3O2S/c1-8-9(2)19-12(10(8)4-14)15-11(17)5-16-6-13(3,18)7-16/h18H,5-7H2,1-3H3,(H,15,17). The molecule has 0 saturated carbocycles. The number of rotatable bonds is 3. The van der Waals surface area contributed by atoms with Gasteiger partial charge >= 0.3 is 0 Å². The highest BCUT2D eigenvalue weighted by molar-refractivity contribution is 7.16. The van der Waals surface area contributed by atoms with E-state index in [-0.39, 0.29) is 12.5 Å². The molecule has 0 atom stereocenters. The molecule has 6 heteroatoms. The largest absolute Gasteiger partial charge is 0.388 e. The van der Waals surface area contributed by atoms with E-state index in [4.69, 9.17) is 5.26 Å². The number of β-amino-alcohol motifs (C(OH)–C–C–N with tert-alkyl or cyclic N) is 1. The Bertz CT molecular complexity index is 549. The minimum atomic E-state index is -0.672. The van der Waals surface area contributed by atoms with Gasteiger partial charge in [-0.25, -0.2) is 0 Å². The molecule has 0 unspecified atom stereocenters. The lowest BCUT2D eigenvalue weighted by atomic mass is 9.97. The summed E-state index contributed by atoms with van der Waals surface area (Å²) in [5, 5.41) is 22.1. The molecule has 102 valence electrons. The molecule has 2 rings (SSSR count). The number of thiophene rings is 1. The first-order chi connectivity index (χ1) is 8.82. The number of aliphatic hydroxyl groups is 1. The van der Waals surface area contributed by atoms with Crippen LogP contribution >= 0.6 is 11.3 Å². The van der Waals surface area contributed by atoms with Crippen LogP contribution in [-0.2, 0) is 4.79 Å². The van der Waals surface area contributed by atoms with Gasteiger partial charge in [-0.2, -0.15) is 5.26 Å². The number of anilines is 1. The lowest BCUT2D eigenvalue weighted by molar-refractivity contribution is -0.125. The average Bonchev–Trinajstić information content (AvgIpc) is 2.51. The second-order valence-electron chi connectivity index (χ2n) is 5.29. The molecule has 0 radical (unpaired) electrons. The van der Waals surface area contributed by atoms with Gasteiger partial charge in [0.2, 0.25) is 5.91 Å². The van der Waals surface area contributed by atoms with Crippen molar-refractivity contribution in [2.45, 2.75) is 26.4 Å². The molecule has 19 heavy (non-hydrogen) atoms. The summed E-state index contributed by atoms with van der Waals surface area (Å²) in [6.07, 6.45) is 0. The summed E-state index contributed by atoms with van der Waals surface area (Å²) < 4.78 is 0. The van der Waals surface area contributed by atoms with Crippen LogP contribution in [0.1, 0.15) is 22.9 Å². The zero-order valence-corrected chi connectivity index (χ0v) is 12.1. The second-order valence-corrected chi connectivity index (χ2v) is 6.51. The van der Waals surface area contributed by atoms with Crippen molar-refractivity contribution >= 4 is 22.2 Å². The third-order valence-electron chi connectivity index (χ3n) is 3.25. The first-order valence-electron chi connectivity index (χ1n) is 6.07. The Kier molecular flexibility index (Phi) is 3.63. The highest BCUT2D eigenvalue weighted by Crippen LogP contribution is 2.31. The van der Waals surface area contributed by atoms with Crippen LogP contribution in [0.4, 0.5) is 5.00 Å². The molecule has 0 spiro atoms. The quantitative estimate of drug-likeness (QED) is 0.873. The molecule has 1 fully saturated rings. The normalized spacial score (nSPS) is 17.6. The van der Waals surface area contributed by atoms with Gasteiger partial charge in [0.1, 0.15) is 11.1 Å². The van der Waals surface area contributed by atoms with Crippen molar-refractivity contribution in [3.05, 3.63) is 16.0 Å². The van der Waals surface area contributed by atoms with Crippen molar-refractivity contribution in [3.63, 3.8) is 0 Å². The molecule has 1 aliphatic rings. The van der Waals surface area contributed by atoms with E-state index in [1.807, 2.05) is 18.7 Å². The van der Waals surface area contributed by atoms with Crippen LogP contribution in [0.15, 0.2) is 0 Å². The van der Waals surface area contributed by atoms with Crippen molar-refractivity contribution in [1.29, 1.82) is 5.26 Å². The Morgan fingerprint density at radius 1 is 1.58 bits per heavy atom. The summed E-state index contributed by atoms with van der Waals surface area (Å²) in [5.41, 5.74) is 0.801. The number of carbonyl (C=O) groups is 1. The fourth-order valence-corrected chi connectivity index (χ4v) is 3.27. The molecule has 0 bridgehead atoms. The molecule has 1 amide bonds. The molecule has 0 aromatic carbocycles. The number of nitrogens with zero attached hydrogens (tertiary/aromatic N) is 2. The van der Waals surface area contributed by atoms with E-state index >= 15 is 0 Å². The summed E-state index contributed by atoms with van der Waals surface area (Å²) in [5.74, 6) is -0.145. The molecule has 1 saturated heterocycles. The molecule has 1 aliphatic heterocycles. The molecular weight excluding hydrogens is 262 g/mol. The fraction of sp³-hybridized carbons (Fsp3) is 0.538. The topological polar surface area (TPSA) is 76.4 Å². The zero-order chi connectivity index (χ0) is 14.2. The maximum atomic E-state index is 11.9. The summed E-state index contributed by atoms with van der Waals surface area (Å²) in [6.45, 7) is 6.83. The van der Waals surface area contributed by atoms with Crippen LogP contribution in [0.5, 0.6) is 0 Å². The van der Waals surface area contributed by atoms with Crippen molar-refractivity contribution in [2.75, 3.05) is 25.0 Å². The van der Waals surface area contributed by atoms with Gasteiger partial charge in [0.05, 0.1) is 17.7 Å². The third kappa shape index (κ3) is 2.95. The van der Waals surface area contributed by atoms with Crippen molar-refractivity contribution < 1.29 is 9.90 Å². The van der Waals surface area contributed by atoms with Crippen molar-refractivity contribution in [2.24, 2.45) is 0 Å². The number of nitriles is 1. The number of amides is 1. The third-order valence-corrected chi connectivity index (χ3v) is 4.37. The van der Waals surface area contributed by atoms with Gasteiger partial charge in [-0.05, 0) is 26.3 Å². The number of likely N-dealkylation sites (tertiary alicyclic amines) is 1. The van der Waals surface area contributed by atoms with Gasteiger partial charge < -0.3 is 10.4 Å². The number of aryl methyl sites for hydroxylation is 1. The van der Waals surface area contributed by atoms with E-state index < -0.39 is 5.60 Å². The summed E-state index contributed by atoms with van der Waals surface area (Å²) >= 11 is 1.42. The Labute approximate surface area is 116 Å². The van der Waals surface area contributed by atoms with Gasteiger partial charge in [0.25, 0.3) is 0 Å². The summed E-state index contributed by atoms with van der Waals surface area (Å²) in [7, 11) is 0. The van der Waals surface area contributed by atoms with Crippen LogP contribution in [0, 0.1) is 25.2 Å². The van der Waals surface area contributed by atoms with E-state index in [1.54, 1.807) is 6.92 Å². The predicted molar refractivity (Wildman–Crippen MR) is 74.2 cm³/mol. The van der Waals surface area contributed by atoms with Crippen LogP contribution in [0.3, 0.4) is 0 Å². The Morgan fingerprint density at radius 2 is 2.21 bits per heavy atom. The van der Waals surface area contributed by atoms with Gasteiger partial charge in [-0.15, -0.1) is 11.3 Å². The maximum Gasteiger partial charge on any atom is 0.239 e. The van der Waals surface area contributed by atoms with Gasteiger partial charge in [-0.1, -0.05) is 0 Å². The SMILES string of the molecule is Cc1sc(NC(=O)CN2CC(C)(O)C2)c(C#N)c1C. The zero-order valence-electron chi connectivity index (χ0n) is 11.3. The van der Waals surface area contributed by atoms with Crippen LogP contribution in [0.25, 0.3) is 0 Å². The number of nitrogens with one attached hydrogen (secondary N) is 1. The number of hydrogen-bond acceptors (Lipinski definition) is 5.